The van der Waals surface area contributed by atoms with E-state index in [1.165, 1.54) is 0 Å². The molecule has 0 saturated heterocycles. The van der Waals surface area contributed by atoms with Crippen molar-refractivity contribution >= 4 is 63.1 Å². The maximum absolute atomic E-state index is 10.9. The lowest BCUT2D eigenvalue weighted by atomic mass is 10.2. The van der Waals surface area contributed by atoms with Gasteiger partial charge in [-0.3, -0.25) is 4.57 Å². The Labute approximate surface area is 95.9 Å². The summed E-state index contributed by atoms with van der Waals surface area (Å²) in [6.07, 6.45) is 0. The van der Waals surface area contributed by atoms with Crippen LogP contribution in [0.3, 0.4) is 0 Å². The second kappa shape index (κ2) is 4.77. The highest BCUT2D eigenvalue weighted by Crippen LogP contribution is 2.60. The molecule has 12 heavy (non-hydrogen) atoms. The molecule has 0 heterocycles. The normalized spacial score (nSPS) is 19.0. The van der Waals surface area contributed by atoms with Crippen molar-refractivity contribution in [1.29, 1.82) is 0 Å². The second-order valence-electron chi connectivity index (χ2n) is 2.31. The molecular weight excluding hydrogens is 284 g/mol. The van der Waals surface area contributed by atoms with Crippen LogP contribution in [0.4, 0.5) is 0 Å². The minimum absolute atomic E-state index is 0.0810. The number of hydrogen-bond acceptors (Lipinski definition) is 1. The Balaban J connectivity index is 4.71. The van der Waals surface area contributed by atoms with Crippen molar-refractivity contribution in [2.75, 3.05) is 5.88 Å². The number of halogens is 5. The van der Waals surface area contributed by atoms with Crippen molar-refractivity contribution in [2.24, 2.45) is 0 Å². The fraction of sp³-hybridized carbons (Fsp3) is 0.600. The van der Waals surface area contributed by atoms with Gasteiger partial charge in [0.25, 0.3) is 5.85 Å². The van der Waals surface area contributed by atoms with E-state index in [-0.39, 0.29) is 10.9 Å². The third-order valence-corrected chi connectivity index (χ3v) is 3.94. The zero-order chi connectivity index (χ0) is 9.99. The van der Waals surface area contributed by atoms with E-state index in [0.717, 1.165) is 5.82 Å². The summed E-state index contributed by atoms with van der Waals surface area (Å²) < 4.78 is 10.9. The summed E-state index contributed by atoms with van der Waals surface area (Å²) >= 11 is 27.5. The van der Waals surface area contributed by atoms with Crippen molar-refractivity contribution in [3.63, 3.8) is 0 Å². The van der Waals surface area contributed by atoms with E-state index in [0.29, 0.717) is 0 Å². The van der Waals surface area contributed by atoms with Crippen LogP contribution in [-0.2, 0) is 4.57 Å². The molecule has 0 radical (unpaired) electrons. The Morgan fingerprint density at radius 2 is 2.00 bits per heavy atom. The van der Waals surface area contributed by atoms with E-state index < -0.39 is 10.7 Å². The molecule has 1 atom stereocenters. The zero-order valence-electron chi connectivity index (χ0n) is 6.03. The molecule has 0 bridgehead atoms. The first-order valence-corrected chi connectivity index (χ1v) is 7.69. The van der Waals surface area contributed by atoms with Gasteiger partial charge < -0.3 is 0 Å². The van der Waals surface area contributed by atoms with Crippen LogP contribution in [0.1, 0.15) is 6.92 Å². The number of hydrogen-bond donors (Lipinski definition) is 0. The Kier molecular flexibility index (Phi) is 5.34. The molecule has 7 heteroatoms. The van der Waals surface area contributed by atoms with Crippen molar-refractivity contribution in [3.05, 3.63) is 10.8 Å². The molecule has 0 rings (SSSR count). The first-order chi connectivity index (χ1) is 5.19. The van der Waals surface area contributed by atoms with Crippen molar-refractivity contribution in [3.8, 4) is 0 Å². The van der Waals surface area contributed by atoms with Crippen LogP contribution in [0.5, 0.6) is 0 Å². The van der Waals surface area contributed by atoms with E-state index in [1.807, 2.05) is 0 Å². The monoisotopic (exact) mass is 288 g/mol. The third-order valence-electron chi connectivity index (χ3n) is 1.01. The smallest absolute Gasteiger partial charge is 0.276 e. The van der Waals surface area contributed by atoms with E-state index in [2.05, 4.69) is 0 Å². The highest BCUT2D eigenvalue weighted by Gasteiger charge is 2.26. The number of alkyl halides is 2. The maximum atomic E-state index is 10.9. The lowest BCUT2D eigenvalue weighted by Crippen LogP contribution is -2.18. The minimum atomic E-state index is -3.32. The summed E-state index contributed by atoms with van der Waals surface area (Å²) in [6, 6.07) is 0. The van der Waals surface area contributed by atoms with Crippen molar-refractivity contribution < 1.29 is 4.57 Å². The Morgan fingerprint density at radius 1 is 1.58 bits per heavy atom. The van der Waals surface area contributed by atoms with Crippen LogP contribution in [0.15, 0.2) is 10.8 Å². The Hall–Kier alpha value is 1.42. The van der Waals surface area contributed by atoms with Gasteiger partial charge in [-0.25, -0.2) is 0 Å². The van der Waals surface area contributed by atoms with Gasteiger partial charge >= 0.3 is 0 Å². The zero-order valence-corrected chi connectivity index (χ0v) is 10.7. The average Bonchev–Trinajstić information content (AvgIpc) is 1.84. The molecule has 0 aromatic heterocycles. The molecule has 0 fully saturated rings. The largest absolute Gasteiger partial charge is 0.285 e. The Bertz CT molecular complexity index is 230. The molecule has 0 aliphatic heterocycles. The number of allylic oxidation sites excluding steroid dienone is 1. The summed E-state index contributed by atoms with van der Waals surface area (Å²) in [5.74, 6) is -2.22. The molecular formula is C5H6Cl5OP. The van der Waals surface area contributed by atoms with Crippen LogP contribution in [0, 0.1) is 0 Å². The summed E-state index contributed by atoms with van der Waals surface area (Å²) in [7, 11) is 0. The van der Waals surface area contributed by atoms with Gasteiger partial charge in [0.1, 0.15) is 0 Å². The lowest BCUT2D eigenvalue weighted by molar-refractivity contribution is 0.597. The van der Waals surface area contributed by atoms with Gasteiger partial charge in [-0.2, -0.15) is 0 Å². The highest BCUT2D eigenvalue weighted by molar-refractivity contribution is 8.10. The SMILES string of the molecule is CC(Cl)(CCl)/C(Cl)=C\P(=O)(Cl)Cl. The van der Waals surface area contributed by atoms with Crippen molar-refractivity contribution in [1.82, 2.24) is 0 Å². The predicted octanol–water partition coefficient (Wildman–Crippen LogP) is 4.97. The third kappa shape index (κ3) is 5.21. The average molecular weight is 290 g/mol. The Morgan fingerprint density at radius 3 is 2.25 bits per heavy atom. The first kappa shape index (κ1) is 13.4. The van der Waals surface area contributed by atoms with Gasteiger partial charge in [-0.15, -0.1) is 23.2 Å². The van der Waals surface area contributed by atoms with Gasteiger partial charge in [0.05, 0.1) is 4.87 Å². The van der Waals surface area contributed by atoms with Crippen LogP contribution in [0.25, 0.3) is 0 Å². The standard InChI is InChI=1S/C5H6Cl5OP/c1-5(8,3-6)4(7)2-12(9,10)11/h2H,3H2,1H3/b4-2+. The van der Waals surface area contributed by atoms with Crippen LogP contribution < -0.4 is 0 Å². The van der Waals surface area contributed by atoms with Gasteiger partial charge in [0, 0.05) is 16.7 Å². The molecule has 0 aliphatic carbocycles. The second-order valence-corrected chi connectivity index (χ2v) is 8.61. The molecule has 0 aliphatic rings. The van der Waals surface area contributed by atoms with Crippen LogP contribution in [0.2, 0.25) is 0 Å². The first-order valence-electron chi connectivity index (χ1n) is 2.82. The quantitative estimate of drug-likeness (QED) is 0.529. The molecule has 1 nitrogen and oxygen atoms in total. The topological polar surface area (TPSA) is 17.1 Å². The summed E-state index contributed by atoms with van der Waals surface area (Å²) in [4.78, 5) is -0.970. The minimum Gasteiger partial charge on any atom is -0.285 e. The summed E-state index contributed by atoms with van der Waals surface area (Å²) in [6.45, 7) is 1.57. The van der Waals surface area contributed by atoms with Gasteiger partial charge in [-0.1, -0.05) is 11.6 Å². The molecule has 0 aromatic carbocycles. The van der Waals surface area contributed by atoms with Gasteiger partial charge in [0.15, 0.2) is 0 Å². The molecule has 0 N–H and O–H groups in total. The van der Waals surface area contributed by atoms with Crippen LogP contribution in [-0.4, -0.2) is 10.8 Å². The molecule has 0 aromatic rings. The summed E-state index contributed by atoms with van der Waals surface area (Å²) in [5.41, 5.74) is 0. The van der Waals surface area contributed by atoms with Gasteiger partial charge in [0.2, 0.25) is 0 Å². The molecule has 0 spiro atoms. The van der Waals surface area contributed by atoms with Crippen molar-refractivity contribution in [2.45, 2.75) is 11.8 Å². The van der Waals surface area contributed by atoms with E-state index >= 15 is 0 Å². The molecule has 1 unspecified atom stereocenters. The fourth-order valence-corrected chi connectivity index (χ4v) is 2.59. The molecule has 0 saturated carbocycles. The fourth-order valence-electron chi connectivity index (χ4n) is 0.330. The van der Waals surface area contributed by atoms with E-state index in [4.69, 9.17) is 57.3 Å². The van der Waals surface area contributed by atoms with Gasteiger partial charge in [-0.05, 0) is 29.4 Å². The van der Waals surface area contributed by atoms with E-state index in [1.54, 1.807) is 6.92 Å². The molecule has 0 amide bonds. The highest BCUT2D eigenvalue weighted by atomic mass is 35.9. The van der Waals surface area contributed by atoms with Crippen LogP contribution >= 0.6 is 63.1 Å². The number of rotatable bonds is 3. The predicted molar refractivity (Wildman–Crippen MR) is 58.2 cm³/mol. The molecule has 72 valence electrons. The maximum Gasteiger partial charge on any atom is 0.276 e. The summed E-state index contributed by atoms with van der Waals surface area (Å²) in [5, 5.41) is 0.0903. The van der Waals surface area contributed by atoms with E-state index in [9.17, 15) is 4.57 Å². The lowest BCUT2D eigenvalue weighted by Gasteiger charge is -2.17.